The van der Waals surface area contributed by atoms with Crippen LogP contribution >= 0.6 is 0 Å². The summed E-state index contributed by atoms with van der Waals surface area (Å²) in [6.07, 6.45) is -0.774. The normalized spacial score (nSPS) is 23.9. The lowest BCUT2D eigenvalue weighted by molar-refractivity contribution is -0.202. The fourth-order valence-electron chi connectivity index (χ4n) is 2.25. The largest absolute Gasteiger partial charge is 0.465 e. The fourth-order valence-corrected chi connectivity index (χ4v) is 2.25. The lowest BCUT2D eigenvalue weighted by atomic mass is 10.1. The molecule has 23 heavy (non-hydrogen) atoms. The molecular formula is C16H21NO6. The molecule has 7 nitrogen and oxygen atoms in total. The topological polar surface area (TPSA) is 94.1 Å². The minimum Gasteiger partial charge on any atom is -0.465 e. The molecular weight excluding hydrogens is 302 g/mol. The molecule has 0 bridgehead atoms. The van der Waals surface area contributed by atoms with E-state index in [1.807, 2.05) is 0 Å². The zero-order valence-electron chi connectivity index (χ0n) is 13.2. The first-order valence-corrected chi connectivity index (χ1v) is 7.45. The Balaban J connectivity index is 1.89. The molecule has 1 heterocycles. The first kappa shape index (κ1) is 17.2. The van der Waals surface area contributed by atoms with Crippen molar-refractivity contribution in [1.82, 2.24) is 0 Å². The van der Waals surface area contributed by atoms with E-state index in [-0.39, 0.29) is 12.5 Å². The van der Waals surface area contributed by atoms with Crippen LogP contribution in [0.1, 0.15) is 26.7 Å². The third-order valence-electron chi connectivity index (χ3n) is 3.35. The van der Waals surface area contributed by atoms with Crippen molar-refractivity contribution in [2.45, 2.75) is 45.2 Å². The quantitative estimate of drug-likeness (QED) is 0.797. The first-order chi connectivity index (χ1) is 10.9. The van der Waals surface area contributed by atoms with Gasteiger partial charge < -0.3 is 24.6 Å². The number of nitrogens with one attached hydrogen (secondary N) is 1. The van der Waals surface area contributed by atoms with Crippen molar-refractivity contribution >= 4 is 17.6 Å². The Hall–Kier alpha value is -2.12. The van der Waals surface area contributed by atoms with Gasteiger partial charge in [-0.15, -0.1) is 0 Å². The summed E-state index contributed by atoms with van der Waals surface area (Å²) in [4.78, 5) is 21.8. The van der Waals surface area contributed by atoms with Crippen LogP contribution in [0.4, 0.5) is 5.69 Å². The van der Waals surface area contributed by atoms with Crippen LogP contribution in [-0.4, -0.2) is 42.1 Å². The van der Waals surface area contributed by atoms with Crippen LogP contribution in [0.25, 0.3) is 0 Å². The van der Waals surface area contributed by atoms with E-state index in [0.717, 1.165) is 0 Å². The summed E-state index contributed by atoms with van der Waals surface area (Å²) in [6.45, 7) is 2.74. The van der Waals surface area contributed by atoms with Crippen LogP contribution in [-0.2, 0) is 19.1 Å². The zero-order chi connectivity index (χ0) is 16.8. The van der Waals surface area contributed by atoms with E-state index in [0.29, 0.717) is 24.3 Å². The van der Waals surface area contributed by atoms with Gasteiger partial charge in [-0.2, -0.15) is 0 Å². The van der Waals surface area contributed by atoms with Crippen LogP contribution in [0.3, 0.4) is 0 Å². The molecule has 0 unspecified atom stereocenters. The van der Waals surface area contributed by atoms with Crippen molar-refractivity contribution < 1.29 is 28.9 Å². The Morgan fingerprint density at radius 3 is 2.57 bits per heavy atom. The summed E-state index contributed by atoms with van der Waals surface area (Å²) in [7, 11) is 0. The molecule has 2 rings (SSSR count). The van der Waals surface area contributed by atoms with Gasteiger partial charge >= 0.3 is 5.97 Å². The second kappa shape index (κ2) is 7.94. The highest BCUT2D eigenvalue weighted by Crippen LogP contribution is 2.24. The minimum atomic E-state index is -0.684. The van der Waals surface area contributed by atoms with Gasteiger partial charge in [-0.1, -0.05) is 0 Å². The monoisotopic (exact) mass is 323 g/mol. The van der Waals surface area contributed by atoms with E-state index in [9.17, 15) is 14.7 Å². The molecule has 1 aliphatic rings. The lowest BCUT2D eigenvalue weighted by Crippen LogP contribution is -2.44. The summed E-state index contributed by atoms with van der Waals surface area (Å²) < 4.78 is 16.2. The van der Waals surface area contributed by atoms with Crippen LogP contribution in [0.5, 0.6) is 5.75 Å². The fraction of sp³-hybridized carbons (Fsp3) is 0.500. The van der Waals surface area contributed by atoms with Gasteiger partial charge in [0.15, 0.2) is 6.29 Å². The number of anilines is 1. The first-order valence-electron chi connectivity index (χ1n) is 7.45. The van der Waals surface area contributed by atoms with Gasteiger partial charge in [-0.05, 0) is 30.7 Å². The van der Waals surface area contributed by atoms with E-state index in [2.05, 4.69) is 5.32 Å². The molecule has 1 aromatic rings. The SMILES string of the molecule is CC(=O)Nc1ccc(O[C@@H]2CC[C@H](O)[C@@H](COC(C)=O)O2)cc1. The predicted octanol–water partition coefficient (Wildman–Crippen LogP) is 1.45. The Morgan fingerprint density at radius 2 is 1.96 bits per heavy atom. The van der Waals surface area contributed by atoms with Gasteiger partial charge in [0, 0.05) is 26.0 Å². The molecule has 0 saturated carbocycles. The minimum absolute atomic E-state index is 0.00215. The standard InChI is InChI=1S/C16H21NO6/c1-10(18)17-12-3-5-13(6-4-12)22-16-8-7-14(20)15(23-16)9-21-11(2)19/h3-6,14-16,20H,7-9H2,1-2H3,(H,17,18)/t14-,15+,16-/m0/s1. The molecule has 0 aliphatic carbocycles. The van der Waals surface area contributed by atoms with Crippen molar-refractivity contribution in [3.63, 3.8) is 0 Å². The van der Waals surface area contributed by atoms with Crippen molar-refractivity contribution in [2.24, 2.45) is 0 Å². The summed E-state index contributed by atoms with van der Waals surface area (Å²) in [5, 5.41) is 12.5. The number of esters is 1. The molecule has 1 aliphatic heterocycles. The number of amides is 1. The molecule has 1 fully saturated rings. The van der Waals surface area contributed by atoms with E-state index in [1.54, 1.807) is 24.3 Å². The summed E-state index contributed by atoms with van der Waals surface area (Å²) >= 11 is 0. The molecule has 0 radical (unpaired) electrons. The van der Waals surface area contributed by atoms with Crippen molar-refractivity contribution in [3.05, 3.63) is 24.3 Å². The molecule has 1 saturated heterocycles. The number of aliphatic hydroxyl groups excluding tert-OH is 1. The Labute approximate surface area is 134 Å². The predicted molar refractivity (Wildman–Crippen MR) is 81.9 cm³/mol. The number of hydrogen-bond donors (Lipinski definition) is 2. The molecule has 0 spiro atoms. The highest BCUT2D eigenvalue weighted by atomic mass is 16.7. The smallest absolute Gasteiger partial charge is 0.302 e. The lowest BCUT2D eigenvalue weighted by Gasteiger charge is -2.33. The summed E-state index contributed by atoms with van der Waals surface area (Å²) in [5.41, 5.74) is 0.678. The van der Waals surface area contributed by atoms with Crippen molar-refractivity contribution in [2.75, 3.05) is 11.9 Å². The van der Waals surface area contributed by atoms with E-state index in [4.69, 9.17) is 14.2 Å². The van der Waals surface area contributed by atoms with Crippen LogP contribution in [0.2, 0.25) is 0 Å². The average molecular weight is 323 g/mol. The maximum Gasteiger partial charge on any atom is 0.302 e. The van der Waals surface area contributed by atoms with Gasteiger partial charge in [0.2, 0.25) is 5.91 Å². The molecule has 2 N–H and O–H groups in total. The molecule has 3 atom stereocenters. The Bertz CT molecular complexity index is 544. The van der Waals surface area contributed by atoms with E-state index < -0.39 is 24.5 Å². The third-order valence-corrected chi connectivity index (χ3v) is 3.35. The average Bonchev–Trinajstić information content (AvgIpc) is 2.49. The van der Waals surface area contributed by atoms with Gasteiger partial charge in [0.25, 0.3) is 0 Å². The molecule has 7 heteroatoms. The number of rotatable bonds is 5. The molecule has 1 amide bonds. The van der Waals surface area contributed by atoms with Crippen LogP contribution in [0, 0.1) is 0 Å². The Morgan fingerprint density at radius 1 is 1.26 bits per heavy atom. The highest BCUT2D eigenvalue weighted by molar-refractivity contribution is 5.88. The number of ether oxygens (including phenoxy) is 3. The number of carbonyl (C=O) groups excluding carboxylic acids is 2. The maximum absolute atomic E-state index is 11.0. The maximum atomic E-state index is 11.0. The number of carbonyl (C=O) groups is 2. The Kier molecular flexibility index (Phi) is 5.95. The van der Waals surface area contributed by atoms with Gasteiger partial charge in [-0.25, -0.2) is 0 Å². The van der Waals surface area contributed by atoms with Gasteiger partial charge in [-0.3, -0.25) is 9.59 Å². The molecule has 0 aromatic heterocycles. The molecule has 126 valence electrons. The van der Waals surface area contributed by atoms with Gasteiger partial charge in [0.05, 0.1) is 6.10 Å². The van der Waals surface area contributed by atoms with E-state index >= 15 is 0 Å². The van der Waals surface area contributed by atoms with Crippen LogP contribution < -0.4 is 10.1 Å². The molecule has 1 aromatic carbocycles. The van der Waals surface area contributed by atoms with Crippen LogP contribution in [0.15, 0.2) is 24.3 Å². The number of aliphatic hydroxyl groups is 1. The summed E-state index contributed by atoms with van der Waals surface area (Å²) in [6, 6.07) is 6.90. The second-order valence-electron chi connectivity index (χ2n) is 5.37. The zero-order valence-corrected chi connectivity index (χ0v) is 13.2. The number of hydrogen-bond acceptors (Lipinski definition) is 6. The van der Waals surface area contributed by atoms with Gasteiger partial charge in [0.1, 0.15) is 18.5 Å². The number of benzene rings is 1. The second-order valence-corrected chi connectivity index (χ2v) is 5.37. The third kappa shape index (κ3) is 5.54. The van der Waals surface area contributed by atoms with Crippen molar-refractivity contribution in [1.29, 1.82) is 0 Å². The highest BCUT2D eigenvalue weighted by Gasteiger charge is 2.31. The van der Waals surface area contributed by atoms with Crippen molar-refractivity contribution in [3.8, 4) is 5.75 Å². The van der Waals surface area contributed by atoms with E-state index in [1.165, 1.54) is 13.8 Å². The summed E-state index contributed by atoms with van der Waals surface area (Å²) in [5.74, 6) is 0.0284.